The van der Waals surface area contributed by atoms with Crippen LogP contribution in [0.5, 0.6) is 0 Å². The Hall–Kier alpha value is -0.820. The lowest BCUT2D eigenvalue weighted by molar-refractivity contribution is -0.132. The summed E-state index contributed by atoms with van der Waals surface area (Å²) < 4.78 is 36.7. The van der Waals surface area contributed by atoms with Gasteiger partial charge in [-0.3, -0.25) is 0 Å². The highest BCUT2D eigenvalue weighted by molar-refractivity contribution is 7.15. The fraction of sp³-hybridized carbons (Fsp3) is 0.769. The first-order valence-electron chi connectivity index (χ1n) is 6.84. The second-order valence-corrected chi connectivity index (χ2v) is 5.75. The molecule has 0 saturated carbocycles. The van der Waals surface area contributed by atoms with E-state index in [2.05, 4.69) is 17.2 Å². The van der Waals surface area contributed by atoms with E-state index in [0.29, 0.717) is 5.13 Å². The molecule has 0 radical (unpaired) electrons. The lowest BCUT2D eigenvalue weighted by atomic mass is 10.3. The van der Waals surface area contributed by atoms with Crippen molar-refractivity contribution < 1.29 is 13.2 Å². The second kappa shape index (κ2) is 7.83. The van der Waals surface area contributed by atoms with Gasteiger partial charge in [0, 0.05) is 25.0 Å². The number of halogens is 3. The number of alkyl halides is 3. The first kappa shape index (κ1) is 17.2. The van der Waals surface area contributed by atoms with Crippen molar-refractivity contribution in [3.8, 4) is 0 Å². The monoisotopic (exact) mass is 309 g/mol. The second-order valence-electron chi connectivity index (χ2n) is 4.68. The summed E-state index contributed by atoms with van der Waals surface area (Å²) in [5.74, 6) is 0. The molecule has 0 bridgehead atoms. The number of hydrogen-bond donors (Lipinski definition) is 1. The van der Waals surface area contributed by atoms with Gasteiger partial charge in [0.2, 0.25) is 0 Å². The van der Waals surface area contributed by atoms with E-state index in [-0.39, 0.29) is 6.54 Å². The first-order chi connectivity index (χ1) is 9.37. The van der Waals surface area contributed by atoms with E-state index < -0.39 is 12.6 Å². The fourth-order valence-electron chi connectivity index (χ4n) is 1.72. The Morgan fingerprint density at radius 3 is 2.55 bits per heavy atom. The number of hydrogen-bond acceptors (Lipinski definition) is 4. The maximum atomic E-state index is 12.2. The molecule has 20 heavy (non-hydrogen) atoms. The van der Waals surface area contributed by atoms with Crippen molar-refractivity contribution in [1.82, 2.24) is 10.3 Å². The van der Waals surface area contributed by atoms with Crippen LogP contribution in [0.25, 0.3) is 0 Å². The third-order valence-electron chi connectivity index (χ3n) is 2.87. The third-order valence-corrected chi connectivity index (χ3v) is 4.08. The minimum Gasteiger partial charge on any atom is -0.351 e. The molecule has 0 fully saturated rings. The minimum atomic E-state index is -4.12. The van der Waals surface area contributed by atoms with Crippen molar-refractivity contribution in [3.05, 3.63) is 10.6 Å². The summed E-state index contributed by atoms with van der Waals surface area (Å²) in [5, 5.41) is 3.97. The Kier molecular flexibility index (Phi) is 6.75. The van der Waals surface area contributed by atoms with Crippen LogP contribution in [0.3, 0.4) is 0 Å². The summed E-state index contributed by atoms with van der Waals surface area (Å²) in [6, 6.07) is 0. The Labute approximate surface area is 122 Å². The van der Waals surface area contributed by atoms with Crippen LogP contribution >= 0.6 is 11.3 Å². The number of nitrogens with zero attached hydrogens (tertiary/aromatic N) is 2. The van der Waals surface area contributed by atoms with E-state index in [4.69, 9.17) is 0 Å². The van der Waals surface area contributed by atoms with Gasteiger partial charge in [-0.25, -0.2) is 4.98 Å². The van der Waals surface area contributed by atoms with E-state index in [1.807, 2.05) is 6.92 Å². The van der Waals surface area contributed by atoms with Gasteiger partial charge >= 0.3 is 6.18 Å². The molecule has 0 saturated heterocycles. The number of thiazole rings is 1. The van der Waals surface area contributed by atoms with Crippen LogP contribution in [0.15, 0.2) is 0 Å². The van der Waals surface area contributed by atoms with Crippen LogP contribution < -0.4 is 10.2 Å². The zero-order valence-electron chi connectivity index (χ0n) is 12.2. The zero-order valence-corrected chi connectivity index (χ0v) is 13.0. The first-order valence-corrected chi connectivity index (χ1v) is 7.66. The van der Waals surface area contributed by atoms with Crippen LogP contribution in [0.1, 0.15) is 37.3 Å². The van der Waals surface area contributed by atoms with Crippen molar-refractivity contribution >= 4 is 16.5 Å². The molecule has 1 heterocycles. The SMILES string of the molecule is CCCNCc1sc(N(C)CCC(F)(F)F)nc1CC. The van der Waals surface area contributed by atoms with Gasteiger partial charge in [0.15, 0.2) is 5.13 Å². The third kappa shape index (κ3) is 5.66. The highest BCUT2D eigenvalue weighted by atomic mass is 32.1. The van der Waals surface area contributed by atoms with Crippen molar-refractivity contribution in [1.29, 1.82) is 0 Å². The predicted molar refractivity (Wildman–Crippen MR) is 77.4 cm³/mol. The smallest absolute Gasteiger partial charge is 0.351 e. The molecule has 0 aliphatic carbocycles. The summed E-state index contributed by atoms with van der Waals surface area (Å²) in [6.07, 6.45) is -3.08. The van der Waals surface area contributed by atoms with Crippen molar-refractivity contribution in [2.24, 2.45) is 0 Å². The highest BCUT2D eigenvalue weighted by Crippen LogP contribution is 2.28. The topological polar surface area (TPSA) is 28.2 Å². The molecule has 0 aliphatic heterocycles. The maximum Gasteiger partial charge on any atom is 0.390 e. The molecular formula is C13H22F3N3S. The van der Waals surface area contributed by atoms with Crippen LogP contribution in [0, 0.1) is 0 Å². The van der Waals surface area contributed by atoms with E-state index >= 15 is 0 Å². The van der Waals surface area contributed by atoms with E-state index in [0.717, 1.165) is 36.5 Å². The number of nitrogens with one attached hydrogen (secondary N) is 1. The van der Waals surface area contributed by atoms with E-state index in [1.165, 1.54) is 11.3 Å². The van der Waals surface area contributed by atoms with E-state index in [1.54, 1.807) is 11.9 Å². The molecule has 0 spiro atoms. The van der Waals surface area contributed by atoms with Crippen LogP contribution in [-0.4, -0.2) is 31.3 Å². The highest BCUT2D eigenvalue weighted by Gasteiger charge is 2.27. The lowest BCUT2D eigenvalue weighted by Crippen LogP contribution is -2.23. The van der Waals surface area contributed by atoms with Gasteiger partial charge in [-0.05, 0) is 19.4 Å². The normalized spacial score (nSPS) is 11.9. The van der Waals surface area contributed by atoms with Gasteiger partial charge in [0.25, 0.3) is 0 Å². The Morgan fingerprint density at radius 1 is 1.30 bits per heavy atom. The number of rotatable bonds is 8. The van der Waals surface area contributed by atoms with Crippen LogP contribution in [-0.2, 0) is 13.0 Å². The molecule has 116 valence electrons. The molecule has 1 aromatic rings. The Balaban J connectivity index is 2.65. The predicted octanol–water partition coefficient (Wildman–Crippen LogP) is 3.59. The molecule has 0 aromatic carbocycles. The van der Waals surface area contributed by atoms with Crippen molar-refractivity contribution in [2.45, 2.75) is 45.8 Å². The zero-order chi connectivity index (χ0) is 15.2. The van der Waals surface area contributed by atoms with Gasteiger partial charge in [0.05, 0.1) is 12.1 Å². The fourth-order valence-corrected chi connectivity index (χ4v) is 2.82. The minimum absolute atomic E-state index is 0.0536. The van der Waals surface area contributed by atoms with E-state index in [9.17, 15) is 13.2 Å². The Morgan fingerprint density at radius 2 is 2.00 bits per heavy atom. The average molecular weight is 309 g/mol. The molecule has 0 unspecified atom stereocenters. The summed E-state index contributed by atoms with van der Waals surface area (Å²) in [6.45, 7) is 5.72. The molecule has 1 N–H and O–H groups in total. The lowest BCUT2D eigenvalue weighted by Gasteiger charge is -2.16. The summed E-state index contributed by atoms with van der Waals surface area (Å²) in [5.41, 5.74) is 0.979. The number of aromatic nitrogens is 1. The van der Waals surface area contributed by atoms with Gasteiger partial charge in [-0.2, -0.15) is 13.2 Å². The van der Waals surface area contributed by atoms with Crippen LogP contribution in [0.4, 0.5) is 18.3 Å². The molecular weight excluding hydrogens is 287 g/mol. The van der Waals surface area contributed by atoms with Crippen molar-refractivity contribution in [2.75, 3.05) is 25.0 Å². The number of anilines is 1. The largest absolute Gasteiger partial charge is 0.390 e. The molecule has 1 rings (SSSR count). The molecule has 0 aliphatic rings. The molecule has 0 amide bonds. The summed E-state index contributed by atoms with van der Waals surface area (Å²) in [4.78, 5) is 7.15. The van der Waals surface area contributed by atoms with Gasteiger partial charge in [0.1, 0.15) is 0 Å². The maximum absolute atomic E-state index is 12.2. The van der Waals surface area contributed by atoms with Gasteiger partial charge < -0.3 is 10.2 Å². The molecule has 3 nitrogen and oxygen atoms in total. The molecule has 7 heteroatoms. The van der Waals surface area contributed by atoms with Gasteiger partial charge in [-0.15, -0.1) is 11.3 Å². The quantitative estimate of drug-likeness (QED) is 0.744. The number of aryl methyl sites for hydroxylation is 1. The Bertz CT molecular complexity index is 404. The summed E-state index contributed by atoms with van der Waals surface area (Å²) >= 11 is 1.48. The molecule has 1 aromatic heterocycles. The van der Waals surface area contributed by atoms with Crippen LogP contribution in [0.2, 0.25) is 0 Å². The van der Waals surface area contributed by atoms with Gasteiger partial charge in [-0.1, -0.05) is 13.8 Å². The average Bonchev–Trinajstić information content (AvgIpc) is 2.79. The van der Waals surface area contributed by atoms with Crippen molar-refractivity contribution in [3.63, 3.8) is 0 Å². The summed E-state index contributed by atoms with van der Waals surface area (Å²) in [7, 11) is 1.66. The molecule has 0 atom stereocenters. The standard InChI is InChI=1S/C13H22F3N3S/c1-4-7-17-9-11-10(5-2)18-12(20-11)19(3)8-6-13(14,15)16/h17H,4-9H2,1-3H3.